The number of Topliss-reactive ketones (excluding diaryl/α,β-unsaturated/α-hetero) is 1. The van der Waals surface area contributed by atoms with Crippen molar-refractivity contribution < 1.29 is 35.1 Å². The second kappa shape index (κ2) is 8.96. The number of hydrogen-bond acceptors (Lipinski definition) is 7. The van der Waals surface area contributed by atoms with Gasteiger partial charge in [0, 0.05) is 12.0 Å². The molecule has 7 nitrogen and oxygen atoms in total. The Hall–Kier alpha value is -3.45. The van der Waals surface area contributed by atoms with Crippen molar-refractivity contribution in [1.82, 2.24) is 0 Å². The van der Waals surface area contributed by atoms with Crippen molar-refractivity contribution in [2.24, 2.45) is 5.92 Å². The normalized spacial score (nSPS) is 16.8. The van der Waals surface area contributed by atoms with Crippen LogP contribution in [0, 0.1) is 5.92 Å². The second-order valence-electron chi connectivity index (χ2n) is 8.44. The molecule has 7 heteroatoms. The monoisotopic (exact) mass is 440 g/mol. The van der Waals surface area contributed by atoms with Crippen molar-refractivity contribution in [3.8, 4) is 28.7 Å². The van der Waals surface area contributed by atoms with Crippen LogP contribution in [0.2, 0.25) is 0 Å². The zero-order chi connectivity index (χ0) is 23.7. The van der Waals surface area contributed by atoms with Crippen LogP contribution >= 0.6 is 0 Å². The maximum atomic E-state index is 13.1. The molecule has 170 valence electrons. The van der Waals surface area contributed by atoms with E-state index >= 15 is 0 Å². The van der Waals surface area contributed by atoms with Gasteiger partial charge in [-0.3, -0.25) is 4.79 Å². The number of phenolic OH excluding ortho intramolecular Hbond substituents is 4. The van der Waals surface area contributed by atoms with E-state index in [0.717, 1.165) is 0 Å². The SMILES string of the molecule is C=C(C)[C@H](O)Cc1c(O)c(/C=C/C(C)C)c2c(c1O)C(=O)C[C@@H](c1ccc(O)c(O)c1)O2. The van der Waals surface area contributed by atoms with E-state index in [0.29, 0.717) is 11.1 Å². The topological polar surface area (TPSA) is 127 Å². The van der Waals surface area contributed by atoms with Gasteiger partial charge in [0.2, 0.25) is 0 Å². The van der Waals surface area contributed by atoms with Crippen molar-refractivity contribution in [2.45, 2.75) is 45.8 Å². The zero-order valence-electron chi connectivity index (χ0n) is 18.3. The molecular formula is C25H28O7. The predicted molar refractivity (Wildman–Crippen MR) is 120 cm³/mol. The smallest absolute Gasteiger partial charge is 0.174 e. The van der Waals surface area contributed by atoms with Crippen LogP contribution in [0.3, 0.4) is 0 Å². The number of ketones is 1. The average Bonchev–Trinajstić information content (AvgIpc) is 2.71. The molecule has 0 saturated carbocycles. The molecule has 2 atom stereocenters. The summed E-state index contributed by atoms with van der Waals surface area (Å²) in [7, 11) is 0. The van der Waals surface area contributed by atoms with Gasteiger partial charge in [0.15, 0.2) is 17.3 Å². The van der Waals surface area contributed by atoms with Gasteiger partial charge in [0.25, 0.3) is 0 Å². The first-order valence-corrected chi connectivity index (χ1v) is 10.3. The molecule has 3 rings (SSSR count). The standard InChI is InChI=1S/C25H28O7/c1-12(2)5-7-15-23(30)16(10-18(27)13(3)4)24(31)22-20(29)11-21(32-25(15)22)14-6-8-17(26)19(28)9-14/h5-9,12,18,21,26-28,30-31H,3,10-11H2,1-2,4H3/b7-5+/t18-,21+/m1/s1. The Labute approximate surface area is 186 Å². The lowest BCUT2D eigenvalue weighted by Gasteiger charge is -2.29. The van der Waals surface area contributed by atoms with E-state index in [1.165, 1.54) is 18.2 Å². The third-order valence-electron chi connectivity index (χ3n) is 5.43. The Balaban J connectivity index is 2.17. The minimum absolute atomic E-state index is 0.0271. The number of phenols is 4. The summed E-state index contributed by atoms with van der Waals surface area (Å²) in [5.41, 5.74) is 1.11. The molecule has 0 unspecified atom stereocenters. The Morgan fingerprint density at radius 2 is 1.88 bits per heavy atom. The van der Waals surface area contributed by atoms with Gasteiger partial charge in [-0.05, 0) is 30.5 Å². The number of carbonyl (C=O) groups excluding carboxylic acids is 1. The van der Waals surface area contributed by atoms with Crippen LogP contribution in [0.4, 0.5) is 0 Å². The first-order valence-electron chi connectivity index (χ1n) is 10.3. The molecule has 0 aromatic heterocycles. The maximum absolute atomic E-state index is 13.1. The molecular weight excluding hydrogens is 412 g/mol. The summed E-state index contributed by atoms with van der Waals surface area (Å²) in [5.74, 6) is -1.62. The number of aromatic hydroxyl groups is 4. The third kappa shape index (κ3) is 4.43. The van der Waals surface area contributed by atoms with Crippen molar-refractivity contribution >= 4 is 11.9 Å². The molecule has 0 amide bonds. The van der Waals surface area contributed by atoms with E-state index in [4.69, 9.17) is 4.74 Å². The molecule has 0 bridgehead atoms. The fourth-order valence-electron chi connectivity index (χ4n) is 3.54. The van der Waals surface area contributed by atoms with E-state index in [9.17, 15) is 30.3 Å². The maximum Gasteiger partial charge on any atom is 0.174 e. The van der Waals surface area contributed by atoms with Crippen molar-refractivity contribution in [3.05, 3.63) is 58.7 Å². The minimum Gasteiger partial charge on any atom is -0.507 e. The number of aliphatic hydroxyl groups is 1. The van der Waals surface area contributed by atoms with E-state index in [1.807, 2.05) is 19.9 Å². The lowest BCUT2D eigenvalue weighted by Crippen LogP contribution is -2.22. The van der Waals surface area contributed by atoms with Gasteiger partial charge in [0.1, 0.15) is 28.9 Å². The summed E-state index contributed by atoms with van der Waals surface area (Å²) in [6.45, 7) is 9.21. The van der Waals surface area contributed by atoms with E-state index < -0.39 is 23.7 Å². The van der Waals surface area contributed by atoms with E-state index in [-0.39, 0.29) is 58.4 Å². The quantitative estimate of drug-likeness (QED) is 0.333. The molecule has 1 aliphatic heterocycles. The van der Waals surface area contributed by atoms with Crippen LogP contribution in [-0.2, 0) is 6.42 Å². The van der Waals surface area contributed by atoms with Crippen molar-refractivity contribution in [2.75, 3.05) is 0 Å². The molecule has 2 aromatic rings. The van der Waals surface area contributed by atoms with Crippen LogP contribution in [0.5, 0.6) is 28.7 Å². The largest absolute Gasteiger partial charge is 0.507 e. The number of hydrogen-bond donors (Lipinski definition) is 5. The van der Waals surface area contributed by atoms with Crippen LogP contribution in [0.1, 0.15) is 60.3 Å². The summed E-state index contributed by atoms with van der Waals surface area (Å²) in [6.07, 6.45) is 1.39. The fourth-order valence-corrected chi connectivity index (χ4v) is 3.54. The average molecular weight is 440 g/mol. The van der Waals surface area contributed by atoms with Crippen LogP contribution < -0.4 is 4.74 Å². The molecule has 0 aliphatic carbocycles. The molecule has 32 heavy (non-hydrogen) atoms. The highest BCUT2D eigenvalue weighted by Crippen LogP contribution is 2.49. The van der Waals surface area contributed by atoms with Gasteiger partial charge >= 0.3 is 0 Å². The van der Waals surface area contributed by atoms with Gasteiger partial charge in [-0.2, -0.15) is 0 Å². The number of aliphatic hydroxyl groups excluding tert-OH is 1. The minimum atomic E-state index is -1.01. The summed E-state index contributed by atoms with van der Waals surface area (Å²) < 4.78 is 6.05. The van der Waals surface area contributed by atoms with Gasteiger partial charge in [-0.25, -0.2) is 0 Å². The molecule has 0 fully saturated rings. The lowest BCUT2D eigenvalue weighted by molar-refractivity contribution is 0.0842. The number of ether oxygens (including phenoxy) is 1. The van der Waals surface area contributed by atoms with Crippen LogP contribution in [-0.4, -0.2) is 37.4 Å². The van der Waals surface area contributed by atoms with Crippen LogP contribution in [0.15, 0.2) is 36.4 Å². The van der Waals surface area contributed by atoms with Crippen molar-refractivity contribution in [1.29, 1.82) is 0 Å². The zero-order valence-corrected chi connectivity index (χ0v) is 18.3. The predicted octanol–water partition coefficient (Wildman–Crippen LogP) is 4.36. The number of fused-ring (bicyclic) bond motifs is 1. The van der Waals surface area contributed by atoms with Gasteiger partial charge in [0.05, 0.1) is 18.1 Å². The Kier molecular flexibility index (Phi) is 6.50. The molecule has 1 heterocycles. The highest BCUT2D eigenvalue weighted by Gasteiger charge is 2.36. The first kappa shape index (κ1) is 23.2. The van der Waals surface area contributed by atoms with Gasteiger partial charge < -0.3 is 30.3 Å². The Morgan fingerprint density at radius 1 is 1.19 bits per heavy atom. The third-order valence-corrected chi connectivity index (χ3v) is 5.43. The van der Waals surface area contributed by atoms with Gasteiger partial charge in [-0.1, -0.05) is 44.2 Å². The molecule has 0 radical (unpaired) electrons. The molecule has 0 spiro atoms. The molecule has 5 N–H and O–H groups in total. The number of allylic oxidation sites excluding steroid dienone is 1. The van der Waals surface area contributed by atoms with Crippen molar-refractivity contribution in [3.63, 3.8) is 0 Å². The summed E-state index contributed by atoms with van der Waals surface area (Å²) >= 11 is 0. The Bertz CT molecular complexity index is 1100. The molecule has 2 aromatic carbocycles. The summed E-state index contributed by atoms with van der Waals surface area (Å²) in [5, 5.41) is 51.5. The molecule has 1 aliphatic rings. The van der Waals surface area contributed by atoms with E-state index in [2.05, 4.69) is 6.58 Å². The summed E-state index contributed by atoms with van der Waals surface area (Å²) in [6, 6.07) is 4.13. The summed E-state index contributed by atoms with van der Waals surface area (Å²) in [4.78, 5) is 13.1. The fraction of sp³-hybridized carbons (Fsp3) is 0.320. The molecule has 0 saturated heterocycles. The highest BCUT2D eigenvalue weighted by atomic mass is 16.5. The van der Waals surface area contributed by atoms with Crippen LogP contribution in [0.25, 0.3) is 6.08 Å². The number of benzene rings is 2. The number of carbonyl (C=O) groups is 1. The first-order chi connectivity index (χ1) is 15.0. The second-order valence-corrected chi connectivity index (χ2v) is 8.44. The number of rotatable bonds is 6. The highest BCUT2D eigenvalue weighted by molar-refractivity contribution is 6.04. The lowest BCUT2D eigenvalue weighted by atomic mass is 9.88. The van der Waals surface area contributed by atoms with Gasteiger partial charge in [-0.15, -0.1) is 0 Å². The van der Waals surface area contributed by atoms with E-state index in [1.54, 1.807) is 13.0 Å². The Morgan fingerprint density at radius 3 is 2.47 bits per heavy atom.